The number of hydrogen-bond acceptors (Lipinski definition) is 4. The molecular weight excluding hydrogens is 408 g/mol. The van der Waals surface area contributed by atoms with Crippen molar-refractivity contribution in [1.82, 2.24) is 0 Å². The van der Waals surface area contributed by atoms with Crippen LogP contribution >= 0.6 is 22.7 Å². The van der Waals surface area contributed by atoms with Crippen LogP contribution < -0.4 is 10.4 Å². The van der Waals surface area contributed by atoms with Crippen molar-refractivity contribution in [2.24, 2.45) is 0 Å². The largest absolute Gasteiger partial charge is 0.271 e. The Bertz CT molecular complexity index is 1280. The zero-order chi connectivity index (χ0) is 22.4. The molecule has 0 spiro atoms. The summed E-state index contributed by atoms with van der Waals surface area (Å²) in [4.78, 5) is 9.20. The second-order valence-corrected chi connectivity index (χ2v) is 11.2. The van der Waals surface area contributed by atoms with Gasteiger partial charge in [-0.3, -0.25) is 0 Å². The summed E-state index contributed by atoms with van der Waals surface area (Å²) in [6.45, 7) is 27.8. The van der Waals surface area contributed by atoms with Crippen molar-refractivity contribution in [3.63, 3.8) is 0 Å². The summed E-state index contributed by atoms with van der Waals surface area (Å²) < 4.78 is 1.59. The third kappa shape index (κ3) is 3.36. The Balaban J connectivity index is 2.86. The van der Waals surface area contributed by atoms with E-state index >= 15 is 0 Å². The van der Waals surface area contributed by atoms with Crippen LogP contribution in [0.25, 0.3) is 41.3 Å². The first-order chi connectivity index (χ1) is 14.0. The SMILES string of the molecule is [C-]#[N+]/C(C#N)=c1/c2cc(C(C)(C)C)sc2/c(=C(\C#N)[N+]#[C-])c2cc(C(C)(C)C)sc12. The minimum absolute atomic E-state index is 0.0402. The lowest BCUT2D eigenvalue weighted by Crippen LogP contribution is -2.14. The van der Waals surface area contributed by atoms with Crippen molar-refractivity contribution in [1.29, 1.82) is 10.5 Å². The predicted molar refractivity (Wildman–Crippen MR) is 125 cm³/mol. The van der Waals surface area contributed by atoms with E-state index in [9.17, 15) is 10.5 Å². The van der Waals surface area contributed by atoms with E-state index in [2.05, 4.69) is 63.4 Å². The molecule has 0 amide bonds. The number of hydrogen-bond donors (Lipinski definition) is 0. The van der Waals surface area contributed by atoms with Crippen LogP contribution in [0.2, 0.25) is 0 Å². The third-order valence-corrected chi connectivity index (χ3v) is 8.00. The number of fused-ring (bicyclic) bond motifs is 2. The number of nitriles is 2. The van der Waals surface area contributed by atoms with Crippen LogP contribution in [0, 0.1) is 35.8 Å². The van der Waals surface area contributed by atoms with Gasteiger partial charge in [-0.05, 0) is 33.7 Å². The van der Waals surface area contributed by atoms with Crippen LogP contribution in [0.15, 0.2) is 12.1 Å². The molecule has 0 radical (unpaired) electrons. The highest BCUT2D eigenvalue weighted by molar-refractivity contribution is 7.20. The summed E-state index contributed by atoms with van der Waals surface area (Å²) in [7, 11) is 0. The van der Waals surface area contributed by atoms with Gasteiger partial charge in [0, 0.05) is 29.6 Å². The lowest BCUT2D eigenvalue weighted by molar-refractivity contribution is 0.604. The molecule has 4 nitrogen and oxygen atoms in total. The van der Waals surface area contributed by atoms with Crippen LogP contribution in [0.1, 0.15) is 51.3 Å². The fraction of sp³-hybridized carbons (Fsp3) is 0.333. The molecule has 3 aromatic rings. The van der Waals surface area contributed by atoms with E-state index in [1.807, 2.05) is 12.1 Å². The van der Waals surface area contributed by atoms with Crippen LogP contribution in [-0.4, -0.2) is 0 Å². The summed E-state index contributed by atoms with van der Waals surface area (Å²) in [6.07, 6.45) is 0. The third-order valence-electron chi connectivity index (χ3n) is 4.84. The number of rotatable bonds is 0. The predicted octanol–water partition coefficient (Wildman–Crippen LogP) is 5.81. The van der Waals surface area contributed by atoms with Crippen LogP contribution in [0.3, 0.4) is 0 Å². The molecule has 0 aliphatic carbocycles. The maximum absolute atomic E-state index is 9.70. The summed E-state index contributed by atoms with van der Waals surface area (Å²) in [5.41, 5.74) is -0.201. The Hall–Kier alpha value is -3.16. The average molecular weight is 429 g/mol. The molecular formula is C24H20N4S2. The maximum atomic E-state index is 9.70. The molecule has 30 heavy (non-hydrogen) atoms. The normalized spacial score (nSPS) is 13.9. The van der Waals surface area contributed by atoms with Crippen molar-refractivity contribution >= 4 is 54.2 Å². The molecule has 3 rings (SSSR count). The van der Waals surface area contributed by atoms with Crippen molar-refractivity contribution in [2.75, 3.05) is 0 Å². The van der Waals surface area contributed by atoms with Gasteiger partial charge in [0.25, 0.3) is 11.4 Å². The molecule has 0 unspecified atom stereocenters. The molecule has 0 N–H and O–H groups in total. The first kappa shape index (κ1) is 21.5. The highest BCUT2D eigenvalue weighted by atomic mass is 32.1. The van der Waals surface area contributed by atoms with Crippen molar-refractivity contribution in [3.8, 4) is 12.1 Å². The Kier molecular flexibility index (Phi) is 5.22. The smallest absolute Gasteiger partial charge is 0.226 e. The lowest BCUT2D eigenvalue weighted by Gasteiger charge is -2.15. The number of benzene rings is 1. The molecule has 0 saturated heterocycles. The molecule has 0 fully saturated rings. The molecule has 2 aromatic heterocycles. The molecule has 148 valence electrons. The molecule has 0 atom stereocenters. The van der Waals surface area contributed by atoms with Gasteiger partial charge < -0.3 is 0 Å². The fourth-order valence-corrected chi connectivity index (χ4v) is 5.82. The quantitative estimate of drug-likeness (QED) is 0.424. The zero-order valence-electron chi connectivity index (χ0n) is 17.8. The molecule has 6 heteroatoms. The summed E-state index contributed by atoms with van der Waals surface area (Å²) in [5.74, 6) is 0. The molecule has 0 aliphatic rings. The topological polar surface area (TPSA) is 56.3 Å². The van der Waals surface area contributed by atoms with Crippen LogP contribution in [0.5, 0.6) is 0 Å². The van der Waals surface area contributed by atoms with Gasteiger partial charge in [-0.2, -0.15) is 0 Å². The van der Waals surface area contributed by atoms with Gasteiger partial charge in [0.1, 0.15) is 0 Å². The van der Waals surface area contributed by atoms with Crippen molar-refractivity contribution in [3.05, 3.63) is 55.2 Å². The second kappa shape index (κ2) is 7.27. The molecule has 2 heterocycles. The van der Waals surface area contributed by atoms with Crippen LogP contribution in [0.4, 0.5) is 0 Å². The minimum atomic E-state index is -0.141. The van der Waals surface area contributed by atoms with E-state index in [0.29, 0.717) is 10.4 Å². The van der Waals surface area contributed by atoms with E-state index in [-0.39, 0.29) is 22.2 Å². The summed E-state index contributed by atoms with van der Waals surface area (Å²) in [6, 6.07) is 8.18. The first-order valence-electron chi connectivity index (χ1n) is 9.31. The van der Waals surface area contributed by atoms with Gasteiger partial charge in [0.15, 0.2) is 0 Å². The van der Waals surface area contributed by atoms with Crippen LogP contribution in [-0.2, 0) is 10.8 Å². The molecule has 0 aliphatic heterocycles. The van der Waals surface area contributed by atoms with E-state index in [0.717, 1.165) is 29.9 Å². The average Bonchev–Trinajstić information content (AvgIpc) is 3.29. The fourth-order valence-electron chi connectivity index (χ4n) is 3.25. The summed E-state index contributed by atoms with van der Waals surface area (Å²) >= 11 is 3.08. The van der Waals surface area contributed by atoms with E-state index in [4.69, 9.17) is 13.1 Å². The molecule has 0 saturated carbocycles. The Labute approximate surface area is 184 Å². The van der Waals surface area contributed by atoms with Gasteiger partial charge >= 0.3 is 0 Å². The second-order valence-electron chi connectivity index (χ2n) is 9.10. The zero-order valence-corrected chi connectivity index (χ0v) is 19.4. The van der Waals surface area contributed by atoms with Crippen molar-refractivity contribution < 1.29 is 0 Å². The molecule has 1 aromatic carbocycles. The maximum Gasteiger partial charge on any atom is 0.271 e. The number of thiophene rings is 2. The van der Waals surface area contributed by atoms with E-state index < -0.39 is 0 Å². The standard InChI is InChI=1S/C24H20N4S2/c1-23(2,3)17-9-13-19(15(11-25)27-7)22-14(10-18(30-22)24(4,5)6)20(21(13)29-17)16(12-26)28-8/h9-10H,1-6H3/b19-15-,20-16+. The highest BCUT2D eigenvalue weighted by Crippen LogP contribution is 2.37. The van der Waals surface area contributed by atoms with E-state index in [1.54, 1.807) is 0 Å². The Morgan fingerprint density at radius 3 is 1.33 bits per heavy atom. The lowest BCUT2D eigenvalue weighted by atomic mass is 9.93. The van der Waals surface area contributed by atoms with Gasteiger partial charge in [0.05, 0.1) is 25.3 Å². The number of nitrogens with zero attached hydrogens (tertiary/aromatic N) is 4. The van der Waals surface area contributed by atoms with Crippen molar-refractivity contribution in [2.45, 2.75) is 52.4 Å². The van der Waals surface area contributed by atoms with Gasteiger partial charge in [-0.15, -0.1) is 22.7 Å². The summed E-state index contributed by atoms with van der Waals surface area (Å²) in [5, 5.41) is 22.2. The Morgan fingerprint density at radius 2 is 1.10 bits per heavy atom. The minimum Gasteiger partial charge on any atom is -0.226 e. The van der Waals surface area contributed by atoms with Gasteiger partial charge in [-0.25, -0.2) is 20.2 Å². The Morgan fingerprint density at radius 1 is 0.767 bits per heavy atom. The highest BCUT2D eigenvalue weighted by Gasteiger charge is 2.24. The van der Waals surface area contributed by atoms with E-state index in [1.165, 1.54) is 22.7 Å². The van der Waals surface area contributed by atoms with Gasteiger partial charge in [-0.1, -0.05) is 41.5 Å². The van der Waals surface area contributed by atoms with Gasteiger partial charge in [0.2, 0.25) is 0 Å². The molecule has 0 bridgehead atoms. The monoisotopic (exact) mass is 428 g/mol. The first-order valence-corrected chi connectivity index (χ1v) is 10.9.